The van der Waals surface area contributed by atoms with Crippen LogP contribution in [0.3, 0.4) is 0 Å². The number of hydrogen-bond donors (Lipinski definition) is 1. The number of anilines is 1. The van der Waals surface area contributed by atoms with Crippen LogP contribution in [-0.2, 0) is 0 Å². The lowest BCUT2D eigenvalue weighted by molar-refractivity contribution is -0.385. The number of aliphatic hydroxyl groups is 1. The summed E-state index contributed by atoms with van der Waals surface area (Å²) in [5.74, 6) is 0.952. The summed E-state index contributed by atoms with van der Waals surface area (Å²) in [4.78, 5) is 16.7. The van der Waals surface area contributed by atoms with Gasteiger partial charge in [0.05, 0.1) is 23.6 Å². The number of hydrogen-bond acceptors (Lipinski definition) is 5. The molecule has 2 rings (SSSR count). The zero-order chi connectivity index (χ0) is 13.3. The molecule has 0 saturated carbocycles. The SMILES string of the molecule is Cc1cnc(N2CCC(C)C2CO)cc1[N+](=O)[O-]. The third-order valence-electron chi connectivity index (χ3n) is 3.62. The van der Waals surface area contributed by atoms with Crippen LogP contribution in [-0.4, -0.2) is 34.2 Å². The lowest BCUT2D eigenvalue weighted by Crippen LogP contribution is -2.35. The molecule has 1 fully saturated rings. The predicted molar refractivity (Wildman–Crippen MR) is 67.6 cm³/mol. The molecule has 0 aromatic carbocycles. The highest BCUT2D eigenvalue weighted by Gasteiger charge is 2.32. The topological polar surface area (TPSA) is 79.5 Å². The molecule has 18 heavy (non-hydrogen) atoms. The maximum absolute atomic E-state index is 10.9. The molecule has 0 aliphatic carbocycles. The summed E-state index contributed by atoms with van der Waals surface area (Å²) in [7, 11) is 0. The maximum Gasteiger partial charge on any atom is 0.277 e. The van der Waals surface area contributed by atoms with Crippen molar-refractivity contribution in [2.75, 3.05) is 18.1 Å². The summed E-state index contributed by atoms with van der Waals surface area (Å²) in [6.45, 7) is 4.57. The molecule has 0 spiro atoms. The van der Waals surface area contributed by atoms with Gasteiger partial charge in [0.25, 0.3) is 5.69 Å². The average molecular weight is 251 g/mol. The van der Waals surface area contributed by atoms with Crippen LogP contribution in [0.25, 0.3) is 0 Å². The van der Waals surface area contributed by atoms with Crippen molar-refractivity contribution in [3.63, 3.8) is 0 Å². The smallest absolute Gasteiger partial charge is 0.277 e. The van der Waals surface area contributed by atoms with Crippen LogP contribution >= 0.6 is 0 Å². The number of aliphatic hydroxyl groups excluding tert-OH is 1. The van der Waals surface area contributed by atoms with E-state index in [0.29, 0.717) is 17.3 Å². The van der Waals surface area contributed by atoms with Gasteiger partial charge >= 0.3 is 0 Å². The van der Waals surface area contributed by atoms with Gasteiger partial charge in [0, 0.05) is 18.3 Å². The van der Waals surface area contributed by atoms with Gasteiger partial charge < -0.3 is 10.0 Å². The average Bonchev–Trinajstić information content (AvgIpc) is 2.70. The van der Waals surface area contributed by atoms with Gasteiger partial charge in [0.15, 0.2) is 0 Å². The van der Waals surface area contributed by atoms with Crippen molar-refractivity contribution in [1.29, 1.82) is 0 Å². The number of aromatic nitrogens is 1. The summed E-state index contributed by atoms with van der Waals surface area (Å²) in [6, 6.07) is 1.50. The molecule has 6 heteroatoms. The van der Waals surface area contributed by atoms with Gasteiger partial charge in [-0.3, -0.25) is 10.1 Å². The van der Waals surface area contributed by atoms with E-state index >= 15 is 0 Å². The van der Waals surface area contributed by atoms with Crippen LogP contribution in [0.5, 0.6) is 0 Å². The number of nitrogens with zero attached hydrogens (tertiary/aromatic N) is 3. The Hall–Kier alpha value is -1.69. The first-order valence-corrected chi connectivity index (χ1v) is 6.03. The molecule has 2 unspecified atom stereocenters. The highest BCUT2D eigenvalue weighted by molar-refractivity contribution is 5.52. The van der Waals surface area contributed by atoms with E-state index in [9.17, 15) is 15.2 Å². The Labute approximate surface area is 105 Å². The van der Waals surface area contributed by atoms with Gasteiger partial charge in [-0.2, -0.15) is 0 Å². The van der Waals surface area contributed by atoms with E-state index in [1.807, 2.05) is 4.90 Å². The minimum Gasteiger partial charge on any atom is -0.394 e. The first-order chi connectivity index (χ1) is 8.54. The fourth-order valence-corrected chi connectivity index (χ4v) is 2.43. The Morgan fingerprint density at radius 3 is 3.00 bits per heavy atom. The van der Waals surface area contributed by atoms with E-state index < -0.39 is 4.92 Å². The van der Waals surface area contributed by atoms with Gasteiger partial charge in [-0.05, 0) is 19.3 Å². The van der Waals surface area contributed by atoms with E-state index in [2.05, 4.69) is 11.9 Å². The number of pyridine rings is 1. The molecule has 0 bridgehead atoms. The van der Waals surface area contributed by atoms with Crippen molar-refractivity contribution >= 4 is 11.5 Å². The second kappa shape index (κ2) is 4.89. The molecule has 1 aromatic heterocycles. The van der Waals surface area contributed by atoms with Crippen molar-refractivity contribution in [2.24, 2.45) is 5.92 Å². The largest absolute Gasteiger partial charge is 0.394 e. The van der Waals surface area contributed by atoms with E-state index in [1.165, 1.54) is 12.3 Å². The number of nitro groups is 1. The van der Waals surface area contributed by atoms with Crippen LogP contribution in [0.15, 0.2) is 12.3 Å². The Balaban J connectivity index is 2.34. The second-order valence-corrected chi connectivity index (χ2v) is 4.80. The molecule has 98 valence electrons. The van der Waals surface area contributed by atoms with Crippen molar-refractivity contribution in [1.82, 2.24) is 4.98 Å². The summed E-state index contributed by atoms with van der Waals surface area (Å²) >= 11 is 0. The molecule has 6 nitrogen and oxygen atoms in total. The molecule has 0 radical (unpaired) electrons. The van der Waals surface area contributed by atoms with Crippen LogP contribution < -0.4 is 4.90 Å². The summed E-state index contributed by atoms with van der Waals surface area (Å²) < 4.78 is 0. The predicted octanol–water partition coefficient (Wildman–Crippen LogP) is 1.51. The molecule has 1 aromatic rings. The van der Waals surface area contributed by atoms with Gasteiger partial charge in [-0.25, -0.2) is 4.98 Å². The Morgan fingerprint density at radius 1 is 1.67 bits per heavy atom. The minimum absolute atomic E-state index is 0.000176. The van der Waals surface area contributed by atoms with Crippen molar-refractivity contribution in [2.45, 2.75) is 26.3 Å². The first kappa shape index (κ1) is 12.8. The quantitative estimate of drug-likeness (QED) is 0.650. The molecule has 2 heterocycles. The van der Waals surface area contributed by atoms with Crippen LogP contribution in [0.4, 0.5) is 11.5 Å². The number of aryl methyl sites for hydroxylation is 1. The van der Waals surface area contributed by atoms with E-state index in [-0.39, 0.29) is 18.3 Å². The molecule has 1 saturated heterocycles. The summed E-state index contributed by atoms with van der Waals surface area (Å²) in [5, 5.41) is 20.3. The van der Waals surface area contributed by atoms with Gasteiger partial charge in [0.1, 0.15) is 5.82 Å². The van der Waals surface area contributed by atoms with Crippen molar-refractivity contribution < 1.29 is 10.0 Å². The zero-order valence-electron chi connectivity index (χ0n) is 10.5. The van der Waals surface area contributed by atoms with Crippen molar-refractivity contribution in [3.05, 3.63) is 27.9 Å². The lowest BCUT2D eigenvalue weighted by atomic mass is 10.0. The Kier molecular flexibility index (Phi) is 3.47. The minimum atomic E-state index is -0.395. The van der Waals surface area contributed by atoms with E-state index in [4.69, 9.17) is 0 Å². The molecule has 1 aliphatic heterocycles. The molecule has 2 atom stereocenters. The molecular formula is C12H17N3O3. The van der Waals surface area contributed by atoms with E-state index in [1.54, 1.807) is 6.92 Å². The second-order valence-electron chi connectivity index (χ2n) is 4.80. The van der Waals surface area contributed by atoms with Crippen molar-refractivity contribution in [3.8, 4) is 0 Å². The first-order valence-electron chi connectivity index (χ1n) is 6.03. The molecule has 1 aliphatic rings. The maximum atomic E-state index is 10.9. The highest BCUT2D eigenvalue weighted by Crippen LogP contribution is 2.30. The third-order valence-corrected chi connectivity index (χ3v) is 3.62. The Bertz CT molecular complexity index is 464. The van der Waals surface area contributed by atoms with Crippen LogP contribution in [0.2, 0.25) is 0 Å². The molecule has 1 N–H and O–H groups in total. The fraction of sp³-hybridized carbons (Fsp3) is 0.583. The third kappa shape index (κ3) is 2.15. The van der Waals surface area contributed by atoms with Gasteiger partial charge in [-0.1, -0.05) is 6.92 Å². The highest BCUT2D eigenvalue weighted by atomic mass is 16.6. The normalized spacial score (nSPS) is 23.4. The zero-order valence-corrected chi connectivity index (χ0v) is 10.5. The van der Waals surface area contributed by atoms with Crippen LogP contribution in [0, 0.1) is 23.0 Å². The standard InChI is InChI=1S/C12H17N3O3/c1-8-3-4-14(11(8)7-16)12-5-10(15(17)18)9(2)6-13-12/h5-6,8,11,16H,3-4,7H2,1-2H3. The number of rotatable bonds is 3. The summed E-state index contributed by atoms with van der Waals surface area (Å²) in [5.41, 5.74) is 0.632. The van der Waals surface area contributed by atoms with Crippen LogP contribution in [0.1, 0.15) is 18.9 Å². The Morgan fingerprint density at radius 2 is 2.39 bits per heavy atom. The van der Waals surface area contributed by atoms with E-state index in [0.717, 1.165) is 13.0 Å². The lowest BCUT2D eigenvalue weighted by Gasteiger charge is -2.26. The molecule has 0 amide bonds. The van der Waals surface area contributed by atoms with Gasteiger partial charge in [0.2, 0.25) is 0 Å². The molecular weight excluding hydrogens is 234 g/mol. The fourth-order valence-electron chi connectivity index (χ4n) is 2.43. The summed E-state index contributed by atoms with van der Waals surface area (Å²) in [6.07, 6.45) is 2.49. The monoisotopic (exact) mass is 251 g/mol. The van der Waals surface area contributed by atoms with Gasteiger partial charge in [-0.15, -0.1) is 0 Å².